The molecule has 1 saturated heterocycles. The SMILES string of the molecule is COC1CNC(c2nc(-c3ccoc3C)no2)C1. The van der Waals surface area contributed by atoms with Crippen LogP contribution in [0, 0.1) is 6.92 Å². The van der Waals surface area contributed by atoms with E-state index in [2.05, 4.69) is 15.5 Å². The zero-order valence-electron chi connectivity index (χ0n) is 10.3. The minimum atomic E-state index is 0.0726. The van der Waals surface area contributed by atoms with Crippen molar-refractivity contribution < 1.29 is 13.7 Å². The highest BCUT2D eigenvalue weighted by Gasteiger charge is 2.29. The average Bonchev–Trinajstić information content (AvgIpc) is 3.07. The zero-order chi connectivity index (χ0) is 12.5. The fraction of sp³-hybridized carbons (Fsp3) is 0.500. The summed E-state index contributed by atoms with van der Waals surface area (Å²) >= 11 is 0. The summed E-state index contributed by atoms with van der Waals surface area (Å²) in [6, 6.07) is 1.91. The number of aryl methyl sites for hydroxylation is 1. The molecule has 96 valence electrons. The van der Waals surface area contributed by atoms with E-state index >= 15 is 0 Å². The molecule has 0 aliphatic carbocycles. The minimum Gasteiger partial charge on any atom is -0.469 e. The molecule has 0 spiro atoms. The van der Waals surface area contributed by atoms with Gasteiger partial charge in [0, 0.05) is 13.7 Å². The predicted molar refractivity (Wildman–Crippen MR) is 62.9 cm³/mol. The van der Waals surface area contributed by atoms with Crippen LogP contribution in [0.2, 0.25) is 0 Å². The molecule has 2 unspecified atom stereocenters. The molecule has 6 nitrogen and oxygen atoms in total. The molecule has 2 aromatic heterocycles. The lowest BCUT2D eigenvalue weighted by Gasteiger charge is -2.04. The van der Waals surface area contributed by atoms with E-state index in [9.17, 15) is 0 Å². The summed E-state index contributed by atoms with van der Waals surface area (Å²) in [6.07, 6.45) is 2.68. The first-order valence-electron chi connectivity index (χ1n) is 5.92. The Kier molecular flexibility index (Phi) is 2.89. The van der Waals surface area contributed by atoms with Crippen LogP contribution in [-0.4, -0.2) is 29.9 Å². The maximum Gasteiger partial charge on any atom is 0.244 e. The van der Waals surface area contributed by atoms with Gasteiger partial charge in [0.25, 0.3) is 0 Å². The van der Waals surface area contributed by atoms with Crippen LogP contribution in [0.25, 0.3) is 11.4 Å². The highest BCUT2D eigenvalue weighted by molar-refractivity contribution is 5.56. The van der Waals surface area contributed by atoms with Gasteiger partial charge in [-0.15, -0.1) is 0 Å². The second-order valence-electron chi connectivity index (χ2n) is 4.40. The van der Waals surface area contributed by atoms with Gasteiger partial charge in [-0.25, -0.2) is 0 Å². The molecule has 3 rings (SSSR count). The minimum absolute atomic E-state index is 0.0726. The van der Waals surface area contributed by atoms with E-state index in [1.54, 1.807) is 13.4 Å². The molecule has 1 aliphatic rings. The quantitative estimate of drug-likeness (QED) is 0.892. The highest BCUT2D eigenvalue weighted by atomic mass is 16.5. The molecule has 2 atom stereocenters. The Bertz CT molecular complexity index is 534. The van der Waals surface area contributed by atoms with Crippen molar-refractivity contribution >= 4 is 0 Å². The third kappa shape index (κ3) is 1.93. The van der Waals surface area contributed by atoms with E-state index in [1.165, 1.54) is 0 Å². The van der Waals surface area contributed by atoms with E-state index < -0.39 is 0 Å². The summed E-state index contributed by atoms with van der Waals surface area (Å²) in [7, 11) is 1.71. The van der Waals surface area contributed by atoms with Crippen molar-refractivity contribution in [2.24, 2.45) is 0 Å². The first-order chi connectivity index (χ1) is 8.78. The van der Waals surface area contributed by atoms with Gasteiger partial charge in [0.05, 0.1) is 24.0 Å². The Balaban J connectivity index is 1.80. The molecule has 0 radical (unpaired) electrons. The fourth-order valence-electron chi connectivity index (χ4n) is 2.17. The van der Waals surface area contributed by atoms with E-state index in [0.717, 1.165) is 24.3 Å². The number of methoxy groups -OCH3 is 1. The zero-order valence-corrected chi connectivity index (χ0v) is 10.3. The monoisotopic (exact) mass is 249 g/mol. The van der Waals surface area contributed by atoms with Crippen LogP contribution in [0.5, 0.6) is 0 Å². The molecule has 1 aliphatic heterocycles. The van der Waals surface area contributed by atoms with Crippen molar-refractivity contribution in [1.29, 1.82) is 0 Å². The summed E-state index contributed by atoms with van der Waals surface area (Å²) in [6.45, 7) is 2.68. The van der Waals surface area contributed by atoms with Crippen LogP contribution in [-0.2, 0) is 4.74 Å². The smallest absolute Gasteiger partial charge is 0.244 e. The van der Waals surface area contributed by atoms with E-state index in [1.807, 2.05) is 13.0 Å². The Labute approximate surface area is 104 Å². The molecule has 18 heavy (non-hydrogen) atoms. The molecular formula is C12H15N3O3. The van der Waals surface area contributed by atoms with E-state index in [0.29, 0.717) is 11.7 Å². The first-order valence-corrected chi connectivity index (χ1v) is 5.92. The Morgan fingerprint density at radius 2 is 2.39 bits per heavy atom. The van der Waals surface area contributed by atoms with Crippen LogP contribution in [0.4, 0.5) is 0 Å². The summed E-state index contributed by atoms with van der Waals surface area (Å²) in [5.41, 5.74) is 0.867. The maximum atomic E-state index is 5.30. The second kappa shape index (κ2) is 4.55. The lowest BCUT2D eigenvalue weighted by atomic mass is 10.2. The molecule has 3 heterocycles. The number of nitrogens with one attached hydrogen (secondary N) is 1. The van der Waals surface area contributed by atoms with Crippen LogP contribution in [0.15, 0.2) is 21.3 Å². The van der Waals surface area contributed by atoms with Crippen molar-refractivity contribution in [3.05, 3.63) is 24.0 Å². The number of furan rings is 1. The fourth-order valence-corrected chi connectivity index (χ4v) is 2.17. The molecular weight excluding hydrogens is 234 g/mol. The van der Waals surface area contributed by atoms with Gasteiger partial charge in [-0.3, -0.25) is 0 Å². The molecule has 1 fully saturated rings. The topological polar surface area (TPSA) is 73.3 Å². The molecule has 2 aromatic rings. The number of ether oxygens (including phenoxy) is 1. The van der Waals surface area contributed by atoms with Crippen molar-refractivity contribution in [3.63, 3.8) is 0 Å². The summed E-state index contributed by atoms with van der Waals surface area (Å²) in [4.78, 5) is 4.41. The lowest BCUT2D eigenvalue weighted by Crippen LogP contribution is -2.16. The van der Waals surface area contributed by atoms with Gasteiger partial charge in [-0.05, 0) is 19.4 Å². The maximum absolute atomic E-state index is 5.30. The highest BCUT2D eigenvalue weighted by Crippen LogP contribution is 2.27. The van der Waals surface area contributed by atoms with Crippen LogP contribution >= 0.6 is 0 Å². The van der Waals surface area contributed by atoms with Gasteiger partial charge in [-0.1, -0.05) is 5.16 Å². The van der Waals surface area contributed by atoms with Crippen molar-refractivity contribution in [2.45, 2.75) is 25.5 Å². The van der Waals surface area contributed by atoms with Crippen LogP contribution < -0.4 is 5.32 Å². The number of nitrogens with zero attached hydrogens (tertiary/aromatic N) is 2. The van der Waals surface area contributed by atoms with Crippen molar-refractivity contribution in [2.75, 3.05) is 13.7 Å². The molecule has 0 saturated carbocycles. The summed E-state index contributed by atoms with van der Waals surface area (Å²) < 4.78 is 15.8. The molecule has 0 bridgehead atoms. The van der Waals surface area contributed by atoms with Gasteiger partial charge in [0.1, 0.15) is 5.76 Å². The van der Waals surface area contributed by atoms with Crippen LogP contribution in [0.1, 0.15) is 24.1 Å². The molecule has 6 heteroatoms. The number of hydrogen-bond acceptors (Lipinski definition) is 6. The molecule has 0 amide bonds. The van der Waals surface area contributed by atoms with Crippen LogP contribution in [0.3, 0.4) is 0 Å². The summed E-state index contributed by atoms with van der Waals surface area (Å²) in [5.74, 6) is 1.96. The predicted octanol–water partition coefficient (Wildman–Crippen LogP) is 1.69. The lowest BCUT2D eigenvalue weighted by molar-refractivity contribution is 0.116. The first kappa shape index (κ1) is 11.4. The third-order valence-corrected chi connectivity index (χ3v) is 3.26. The number of aromatic nitrogens is 2. The van der Waals surface area contributed by atoms with Gasteiger partial charge >= 0.3 is 0 Å². The number of hydrogen-bond donors (Lipinski definition) is 1. The largest absolute Gasteiger partial charge is 0.469 e. The third-order valence-electron chi connectivity index (χ3n) is 3.26. The molecule has 0 aromatic carbocycles. The van der Waals surface area contributed by atoms with Gasteiger partial charge in [0.2, 0.25) is 11.7 Å². The Morgan fingerprint density at radius 1 is 1.50 bits per heavy atom. The van der Waals surface area contributed by atoms with Gasteiger partial charge in [-0.2, -0.15) is 4.98 Å². The van der Waals surface area contributed by atoms with Gasteiger partial charge < -0.3 is 19.0 Å². The Hall–Kier alpha value is -1.66. The van der Waals surface area contributed by atoms with Gasteiger partial charge in [0.15, 0.2) is 0 Å². The van der Waals surface area contributed by atoms with Crippen molar-refractivity contribution in [1.82, 2.24) is 15.5 Å². The standard InChI is InChI=1S/C12H15N3O3/c1-7-9(3-4-17-7)11-14-12(18-15-11)10-5-8(16-2)6-13-10/h3-4,8,10,13H,5-6H2,1-2H3. The van der Waals surface area contributed by atoms with E-state index in [4.69, 9.17) is 13.7 Å². The van der Waals surface area contributed by atoms with E-state index in [-0.39, 0.29) is 12.1 Å². The normalized spacial score (nSPS) is 23.7. The number of rotatable bonds is 3. The Morgan fingerprint density at radius 3 is 3.06 bits per heavy atom. The molecule has 1 N–H and O–H groups in total. The summed E-state index contributed by atoms with van der Waals surface area (Å²) in [5, 5.41) is 7.29. The second-order valence-corrected chi connectivity index (χ2v) is 4.40. The average molecular weight is 249 g/mol. The van der Waals surface area contributed by atoms with Crippen molar-refractivity contribution in [3.8, 4) is 11.4 Å².